The lowest BCUT2D eigenvalue weighted by Crippen LogP contribution is -2.21. The van der Waals surface area contributed by atoms with Crippen LogP contribution in [-0.4, -0.2) is 35.3 Å². The fourth-order valence-electron chi connectivity index (χ4n) is 5.63. The molecule has 5 aromatic rings. The van der Waals surface area contributed by atoms with Crippen LogP contribution in [0.3, 0.4) is 0 Å². The highest BCUT2D eigenvalue weighted by Gasteiger charge is 2.26. The molecule has 3 N–H and O–H groups in total. The number of anilines is 3. The van der Waals surface area contributed by atoms with Gasteiger partial charge >= 0.3 is 5.97 Å². The number of aromatic nitrogens is 6. The predicted molar refractivity (Wildman–Crippen MR) is 174 cm³/mol. The molecule has 11 nitrogen and oxygen atoms in total. The van der Waals surface area contributed by atoms with Gasteiger partial charge in [0.2, 0.25) is 11.9 Å². The number of nitrogens with two attached hydrogens (primary N) is 1. The summed E-state index contributed by atoms with van der Waals surface area (Å²) in [6.07, 6.45) is 12.3. The maximum atomic E-state index is 15.4. The number of ether oxygens (including phenoxy) is 1. The Bertz CT molecular complexity index is 1950. The first-order chi connectivity index (χ1) is 22.3. The van der Waals surface area contributed by atoms with E-state index in [0.717, 1.165) is 50.5 Å². The van der Waals surface area contributed by atoms with Crippen molar-refractivity contribution in [3.63, 3.8) is 0 Å². The van der Waals surface area contributed by atoms with E-state index in [-0.39, 0.29) is 42.1 Å². The summed E-state index contributed by atoms with van der Waals surface area (Å²) >= 11 is 0. The summed E-state index contributed by atoms with van der Waals surface area (Å²) in [4.78, 5) is 39.9. The molecule has 0 amide bonds. The van der Waals surface area contributed by atoms with Crippen molar-refractivity contribution in [2.75, 3.05) is 11.1 Å². The molecule has 1 aliphatic rings. The van der Waals surface area contributed by atoms with Crippen molar-refractivity contribution in [3.05, 3.63) is 82.3 Å². The van der Waals surface area contributed by atoms with Crippen LogP contribution in [0.1, 0.15) is 75.3 Å². The molecular weight excluding hydrogens is 587 g/mol. The lowest BCUT2D eigenvalue weighted by molar-refractivity contribution is -0.145. The second-order valence-corrected chi connectivity index (χ2v) is 11.7. The Morgan fingerprint density at radius 1 is 1.11 bits per heavy atom. The summed E-state index contributed by atoms with van der Waals surface area (Å²) in [5, 5.41) is 7.77. The second kappa shape index (κ2) is 13.5. The molecular formula is C34H37FN8O3. The van der Waals surface area contributed by atoms with Crippen LogP contribution in [-0.2, 0) is 23.2 Å². The number of pyridine rings is 1. The van der Waals surface area contributed by atoms with Gasteiger partial charge in [-0.1, -0.05) is 50.8 Å². The van der Waals surface area contributed by atoms with Crippen LogP contribution in [0.4, 0.5) is 22.0 Å². The highest BCUT2D eigenvalue weighted by molar-refractivity contribution is 5.84. The lowest BCUT2D eigenvalue weighted by Gasteiger charge is -2.17. The minimum absolute atomic E-state index is 0.000288. The fourth-order valence-corrected chi connectivity index (χ4v) is 5.63. The highest BCUT2D eigenvalue weighted by Crippen LogP contribution is 2.41. The largest absolute Gasteiger partial charge is 0.461 e. The summed E-state index contributed by atoms with van der Waals surface area (Å²) in [5.41, 5.74) is 8.50. The normalized spacial score (nSPS) is 12.8. The molecule has 0 atom stereocenters. The third-order valence-corrected chi connectivity index (χ3v) is 8.16. The molecule has 6 rings (SSSR count). The summed E-state index contributed by atoms with van der Waals surface area (Å²) in [5.74, 6) is -0.199. The van der Waals surface area contributed by atoms with Gasteiger partial charge < -0.3 is 15.8 Å². The Morgan fingerprint density at radius 2 is 1.93 bits per heavy atom. The minimum atomic E-state index is -0.553. The number of unbranched alkanes of at least 4 members (excludes halogenated alkanes) is 4. The molecule has 0 saturated heterocycles. The first-order valence-corrected chi connectivity index (χ1v) is 15.7. The zero-order valence-corrected chi connectivity index (χ0v) is 26.0. The monoisotopic (exact) mass is 624 g/mol. The van der Waals surface area contributed by atoms with Crippen molar-refractivity contribution in [1.29, 1.82) is 0 Å². The number of carbonyl (C=O) groups is 1. The van der Waals surface area contributed by atoms with Crippen molar-refractivity contribution >= 4 is 34.3 Å². The molecule has 1 aliphatic carbocycles. The average Bonchev–Trinajstić information content (AvgIpc) is 3.81. The maximum Gasteiger partial charge on any atom is 0.306 e. The van der Waals surface area contributed by atoms with Gasteiger partial charge in [-0.05, 0) is 54.3 Å². The van der Waals surface area contributed by atoms with Crippen LogP contribution in [0.25, 0.3) is 27.8 Å². The van der Waals surface area contributed by atoms with Crippen LogP contribution in [0.15, 0.2) is 59.8 Å². The number of rotatable bonds is 13. The molecule has 0 aliphatic heterocycles. The molecule has 2 aromatic carbocycles. The Labute approximate surface area is 265 Å². The second-order valence-electron chi connectivity index (χ2n) is 11.7. The number of halogens is 1. The van der Waals surface area contributed by atoms with E-state index in [9.17, 15) is 9.59 Å². The molecule has 3 aromatic heterocycles. The van der Waals surface area contributed by atoms with E-state index in [1.807, 2.05) is 6.07 Å². The van der Waals surface area contributed by atoms with E-state index in [1.165, 1.54) is 10.6 Å². The summed E-state index contributed by atoms with van der Waals surface area (Å²) < 4.78 is 24.2. The van der Waals surface area contributed by atoms with Gasteiger partial charge in [-0.15, -0.1) is 0 Å². The Hall–Kier alpha value is -5.13. The standard InChI is InChI=1S/C34H37FN8O3/c1-3-4-5-6-7-11-29(44)46-20-26-25(31-39-33(36)41-34(40-31)38-24-18-37-42(2)19-24)9-8-10-28(26)43-15-14-22-16-23(21-12-13-21)17-27(35)30(22)32(43)45/h8-10,14-19,21H,3-7,11-13,20H2,1-2H3,(H3,36,38,39,40,41). The molecule has 238 valence electrons. The van der Waals surface area contributed by atoms with E-state index in [2.05, 4.69) is 32.3 Å². The van der Waals surface area contributed by atoms with Crippen molar-refractivity contribution in [1.82, 2.24) is 29.3 Å². The number of benzene rings is 2. The minimum Gasteiger partial charge on any atom is -0.461 e. The van der Waals surface area contributed by atoms with Crippen molar-refractivity contribution in [2.24, 2.45) is 7.05 Å². The van der Waals surface area contributed by atoms with E-state index >= 15 is 4.39 Å². The van der Waals surface area contributed by atoms with Crippen LogP contribution in [0, 0.1) is 5.82 Å². The molecule has 1 saturated carbocycles. The third-order valence-electron chi connectivity index (χ3n) is 8.16. The number of fused-ring (bicyclic) bond motifs is 1. The van der Waals surface area contributed by atoms with Gasteiger partial charge in [0.15, 0.2) is 5.82 Å². The Morgan fingerprint density at radius 3 is 2.70 bits per heavy atom. The Kier molecular flexibility index (Phi) is 9.04. The topological polar surface area (TPSA) is 143 Å². The number of nitrogens with zero attached hydrogens (tertiary/aromatic N) is 6. The van der Waals surface area contributed by atoms with E-state index < -0.39 is 11.4 Å². The molecule has 12 heteroatoms. The van der Waals surface area contributed by atoms with Gasteiger partial charge in [0.1, 0.15) is 12.4 Å². The molecule has 0 spiro atoms. The SMILES string of the molecule is CCCCCCCC(=O)OCc1c(-c2nc(N)nc(Nc3cnn(C)c3)n2)cccc1-n1ccc2cc(C3CC3)cc(F)c2c1=O. The molecule has 0 unspecified atom stereocenters. The summed E-state index contributed by atoms with van der Waals surface area (Å²) in [6.45, 7) is 1.98. The number of aryl methyl sites for hydroxylation is 1. The van der Waals surface area contributed by atoms with Gasteiger partial charge in [0.05, 0.1) is 23.0 Å². The zero-order chi connectivity index (χ0) is 32.2. The average molecular weight is 625 g/mol. The van der Waals surface area contributed by atoms with Crippen LogP contribution >= 0.6 is 0 Å². The molecule has 46 heavy (non-hydrogen) atoms. The molecule has 3 heterocycles. The number of hydrogen-bond acceptors (Lipinski definition) is 9. The van der Waals surface area contributed by atoms with Crippen molar-refractivity contribution in [3.8, 4) is 17.1 Å². The molecule has 1 fully saturated rings. The Balaban J connectivity index is 1.39. The third kappa shape index (κ3) is 6.90. The maximum absolute atomic E-state index is 15.4. The number of nitrogens with one attached hydrogen (secondary N) is 1. The van der Waals surface area contributed by atoms with Gasteiger partial charge in [-0.2, -0.15) is 20.1 Å². The van der Waals surface area contributed by atoms with Crippen molar-refractivity contribution < 1.29 is 13.9 Å². The fraction of sp³-hybridized carbons (Fsp3) is 0.353. The zero-order valence-electron chi connectivity index (χ0n) is 26.0. The van der Waals surface area contributed by atoms with Gasteiger partial charge in [-0.25, -0.2) is 4.39 Å². The van der Waals surface area contributed by atoms with Crippen molar-refractivity contribution in [2.45, 2.75) is 70.8 Å². The van der Waals surface area contributed by atoms with Gasteiger partial charge in [-0.3, -0.25) is 18.8 Å². The number of esters is 1. The lowest BCUT2D eigenvalue weighted by atomic mass is 10.0. The van der Waals surface area contributed by atoms with E-state index in [1.54, 1.807) is 54.6 Å². The van der Waals surface area contributed by atoms with Crippen LogP contribution in [0.5, 0.6) is 0 Å². The van der Waals surface area contributed by atoms with E-state index in [4.69, 9.17) is 10.5 Å². The quantitative estimate of drug-likeness (QED) is 0.114. The van der Waals surface area contributed by atoms with E-state index in [0.29, 0.717) is 33.8 Å². The molecule has 0 radical (unpaired) electrons. The first kappa shape index (κ1) is 30.9. The van der Waals surface area contributed by atoms with Crippen LogP contribution in [0.2, 0.25) is 0 Å². The number of carbonyl (C=O) groups excluding carboxylic acids is 1. The molecule has 0 bridgehead atoms. The first-order valence-electron chi connectivity index (χ1n) is 15.7. The van der Waals surface area contributed by atoms with Crippen LogP contribution < -0.4 is 16.6 Å². The summed E-state index contributed by atoms with van der Waals surface area (Å²) in [7, 11) is 1.79. The number of hydrogen-bond donors (Lipinski definition) is 2. The number of nitrogen functional groups attached to an aromatic ring is 1. The predicted octanol–water partition coefficient (Wildman–Crippen LogP) is 6.32. The smallest absolute Gasteiger partial charge is 0.306 e. The summed E-state index contributed by atoms with van der Waals surface area (Å²) in [6, 6.07) is 10.3. The van der Waals surface area contributed by atoms with Gasteiger partial charge in [0.25, 0.3) is 5.56 Å². The highest BCUT2D eigenvalue weighted by atomic mass is 19.1. The van der Waals surface area contributed by atoms with Gasteiger partial charge in [0, 0.05) is 37.0 Å².